The highest BCUT2D eigenvalue weighted by molar-refractivity contribution is 6.31. The summed E-state index contributed by atoms with van der Waals surface area (Å²) in [6, 6.07) is 12.4. The molecule has 2 N–H and O–H groups in total. The summed E-state index contributed by atoms with van der Waals surface area (Å²) in [6.45, 7) is 3.69. The van der Waals surface area contributed by atoms with E-state index in [0.717, 1.165) is 16.9 Å². The van der Waals surface area contributed by atoms with E-state index in [9.17, 15) is 10.1 Å². The van der Waals surface area contributed by atoms with Crippen molar-refractivity contribution >= 4 is 23.2 Å². The van der Waals surface area contributed by atoms with Crippen molar-refractivity contribution in [1.29, 1.82) is 5.26 Å². The SMILES string of the molecule is COc1ccc(C(C)NC(=O)/C(C#N)=C\Nc2cc(C)c(Cl)cc2OC)cc1. The molecule has 0 radical (unpaired) electrons. The predicted octanol–water partition coefficient (Wildman–Crippen LogP) is 4.36. The molecule has 2 aromatic rings. The van der Waals surface area contributed by atoms with Gasteiger partial charge < -0.3 is 20.1 Å². The highest BCUT2D eigenvalue weighted by Gasteiger charge is 2.14. The first-order valence-corrected chi connectivity index (χ1v) is 8.93. The molecule has 1 atom stereocenters. The van der Waals surface area contributed by atoms with Crippen LogP contribution in [0.15, 0.2) is 48.2 Å². The van der Waals surface area contributed by atoms with Gasteiger partial charge in [0.1, 0.15) is 23.1 Å². The molecule has 2 aromatic carbocycles. The van der Waals surface area contributed by atoms with Crippen LogP contribution in [0.25, 0.3) is 0 Å². The lowest BCUT2D eigenvalue weighted by Gasteiger charge is -2.15. The van der Waals surface area contributed by atoms with Crippen LogP contribution in [-0.4, -0.2) is 20.1 Å². The molecule has 0 spiro atoms. The van der Waals surface area contributed by atoms with Gasteiger partial charge in [0.25, 0.3) is 5.91 Å². The number of amides is 1. The number of anilines is 1. The lowest BCUT2D eigenvalue weighted by molar-refractivity contribution is -0.117. The third-order valence-corrected chi connectivity index (χ3v) is 4.59. The molecule has 0 aliphatic carbocycles. The number of carbonyl (C=O) groups excluding carboxylic acids is 1. The lowest BCUT2D eigenvalue weighted by atomic mass is 10.1. The number of ether oxygens (including phenoxy) is 2. The molecule has 28 heavy (non-hydrogen) atoms. The molecule has 0 bridgehead atoms. The number of rotatable bonds is 7. The Morgan fingerprint density at radius 2 is 1.89 bits per heavy atom. The maximum Gasteiger partial charge on any atom is 0.263 e. The Labute approximate surface area is 169 Å². The van der Waals surface area contributed by atoms with Crippen LogP contribution in [0.3, 0.4) is 0 Å². The molecule has 2 rings (SSSR count). The van der Waals surface area contributed by atoms with E-state index in [4.69, 9.17) is 21.1 Å². The van der Waals surface area contributed by atoms with E-state index in [1.165, 1.54) is 13.3 Å². The number of nitrogens with one attached hydrogen (secondary N) is 2. The van der Waals surface area contributed by atoms with E-state index in [2.05, 4.69) is 10.6 Å². The van der Waals surface area contributed by atoms with E-state index in [0.29, 0.717) is 16.5 Å². The van der Waals surface area contributed by atoms with Gasteiger partial charge in [0.15, 0.2) is 0 Å². The zero-order valence-corrected chi connectivity index (χ0v) is 16.9. The van der Waals surface area contributed by atoms with Gasteiger partial charge in [0.2, 0.25) is 0 Å². The molecule has 146 valence electrons. The first kappa shape index (κ1) is 21.1. The van der Waals surface area contributed by atoms with E-state index in [-0.39, 0.29) is 11.6 Å². The van der Waals surface area contributed by atoms with E-state index >= 15 is 0 Å². The summed E-state index contributed by atoms with van der Waals surface area (Å²) < 4.78 is 10.4. The number of aryl methyl sites for hydroxylation is 1. The van der Waals surface area contributed by atoms with Gasteiger partial charge in [-0.15, -0.1) is 0 Å². The Morgan fingerprint density at radius 1 is 1.21 bits per heavy atom. The smallest absolute Gasteiger partial charge is 0.263 e. The van der Waals surface area contributed by atoms with Crippen molar-refractivity contribution in [2.75, 3.05) is 19.5 Å². The number of hydrogen-bond donors (Lipinski definition) is 2. The molecule has 6 nitrogen and oxygen atoms in total. The van der Waals surface area contributed by atoms with Crippen molar-refractivity contribution < 1.29 is 14.3 Å². The second-order valence-corrected chi connectivity index (χ2v) is 6.49. The van der Waals surface area contributed by atoms with Crippen LogP contribution in [0.5, 0.6) is 11.5 Å². The molecular weight excluding hydrogens is 378 g/mol. The average molecular weight is 400 g/mol. The fourth-order valence-electron chi connectivity index (χ4n) is 2.49. The molecule has 0 aromatic heterocycles. The van der Waals surface area contributed by atoms with Gasteiger partial charge in [-0.2, -0.15) is 5.26 Å². The molecule has 0 heterocycles. The average Bonchev–Trinajstić information content (AvgIpc) is 2.70. The summed E-state index contributed by atoms with van der Waals surface area (Å²) >= 11 is 6.09. The molecule has 1 unspecified atom stereocenters. The number of hydrogen-bond acceptors (Lipinski definition) is 5. The van der Waals surface area contributed by atoms with Crippen LogP contribution >= 0.6 is 11.6 Å². The first-order chi connectivity index (χ1) is 13.4. The number of halogens is 1. The van der Waals surface area contributed by atoms with Crippen LogP contribution in [-0.2, 0) is 4.79 Å². The number of carbonyl (C=O) groups is 1. The fourth-order valence-corrected chi connectivity index (χ4v) is 2.65. The highest BCUT2D eigenvalue weighted by Crippen LogP contribution is 2.31. The molecule has 0 aliphatic heterocycles. The molecule has 0 fully saturated rings. The fraction of sp³-hybridized carbons (Fsp3) is 0.238. The van der Waals surface area contributed by atoms with Gasteiger partial charge in [0, 0.05) is 17.3 Å². The molecule has 0 saturated carbocycles. The van der Waals surface area contributed by atoms with Gasteiger partial charge in [-0.1, -0.05) is 23.7 Å². The molecular formula is C21H22ClN3O3. The second kappa shape index (κ2) is 9.67. The molecule has 0 aliphatic rings. The van der Waals surface area contributed by atoms with Crippen molar-refractivity contribution in [2.24, 2.45) is 0 Å². The van der Waals surface area contributed by atoms with Crippen molar-refractivity contribution in [3.05, 3.63) is 64.3 Å². The summed E-state index contributed by atoms with van der Waals surface area (Å²) in [6.07, 6.45) is 1.35. The maximum absolute atomic E-state index is 12.5. The summed E-state index contributed by atoms with van der Waals surface area (Å²) in [4.78, 5) is 12.5. The Balaban J connectivity index is 2.12. The van der Waals surface area contributed by atoms with Crippen molar-refractivity contribution in [2.45, 2.75) is 19.9 Å². The minimum Gasteiger partial charge on any atom is -0.497 e. The van der Waals surface area contributed by atoms with Crippen LogP contribution in [0, 0.1) is 18.3 Å². The van der Waals surface area contributed by atoms with E-state index < -0.39 is 5.91 Å². The summed E-state index contributed by atoms with van der Waals surface area (Å²) in [5.74, 6) is 0.760. The van der Waals surface area contributed by atoms with Crippen molar-refractivity contribution in [3.8, 4) is 17.6 Å². The van der Waals surface area contributed by atoms with E-state index in [1.54, 1.807) is 19.2 Å². The van der Waals surface area contributed by atoms with Gasteiger partial charge in [-0.05, 0) is 43.2 Å². The summed E-state index contributed by atoms with van der Waals surface area (Å²) in [5.41, 5.74) is 2.28. The number of benzene rings is 2. The maximum atomic E-state index is 12.5. The quantitative estimate of drug-likeness (QED) is 0.533. The topological polar surface area (TPSA) is 83.4 Å². The van der Waals surface area contributed by atoms with Crippen LogP contribution in [0.4, 0.5) is 5.69 Å². The molecule has 1 amide bonds. The normalized spacial score (nSPS) is 11.9. The van der Waals surface area contributed by atoms with Gasteiger partial charge in [0.05, 0.1) is 25.9 Å². The Bertz CT molecular complexity index is 918. The number of nitrogens with zero attached hydrogens (tertiary/aromatic N) is 1. The minimum atomic E-state index is -0.483. The first-order valence-electron chi connectivity index (χ1n) is 8.55. The zero-order chi connectivity index (χ0) is 20.7. The standard InChI is InChI=1S/C21H22ClN3O3/c1-13-9-19(20(28-4)10-18(13)22)24-12-16(11-23)21(26)25-14(2)15-5-7-17(27-3)8-6-15/h5-10,12,14,24H,1-4H3,(H,25,26)/b16-12-. The van der Waals surface area contributed by atoms with Crippen molar-refractivity contribution in [1.82, 2.24) is 5.32 Å². The van der Waals surface area contributed by atoms with Gasteiger partial charge in [-0.25, -0.2) is 0 Å². The Kier molecular flexibility index (Phi) is 7.30. The monoisotopic (exact) mass is 399 g/mol. The number of nitriles is 1. The lowest BCUT2D eigenvalue weighted by Crippen LogP contribution is -2.28. The summed E-state index contributed by atoms with van der Waals surface area (Å²) in [7, 11) is 3.11. The minimum absolute atomic E-state index is 0.0602. The van der Waals surface area contributed by atoms with Crippen LogP contribution in [0.1, 0.15) is 24.1 Å². The summed E-state index contributed by atoms with van der Waals surface area (Å²) in [5, 5.41) is 15.7. The number of methoxy groups -OCH3 is 2. The van der Waals surface area contributed by atoms with Crippen molar-refractivity contribution in [3.63, 3.8) is 0 Å². The second-order valence-electron chi connectivity index (χ2n) is 6.08. The van der Waals surface area contributed by atoms with E-state index in [1.807, 2.05) is 44.2 Å². The zero-order valence-electron chi connectivity index (χ0n) is 16.2. The largest absolute Gasteiger partial charge is 0.497 e. The Hall–Kier alpha value is -3.17. The van der Waals surface area contributed by atoms with Gasteiger partial charge >= 0.3 is 0 Å². The molecule has 0 saturated heterocycles. The molecule has 7 heteroatoms. The van der Waals surface area contributed by atoms with Crippen LogP contribution < -0.4 is 20.1 Å². The Morgan fingerprint density at radius 3 is 2.46 bits per heavy atom. The predicted molar refractivity (Wildman–Crippen MR) is 110 cm³/mol. The highest BCUT2D eigenvalue weighted by atomic mass is 35.5. The van der Waals surface area contributed by atoms with Gasteiger partial charge in [-0.3, -0.25) is 4.79 Å². The third-order valence-electron chi connectivity index (χ3n) is 4.18. The third kappa shape index (κ3) is 5.18. The van der Waals surface area contributed by atoms with Crippen LogP contribution in [0.2, 0.25) is 5.02 Å².